The molecule has 1 fully saturated rings. The van der Waals surface area contributed by atoms with Crippen LogP contribution in [0.4, 0.5) is 0 Å². The number of benzene rings is 1. The number of carbonyl (C=O) groups is 2. The first-order valence-corrected chi connectivity index (χ1v) is 8.90. The van der Waals surface area contributed by atoms with Crippen molar-refractivity contribution in [1.82, 2.24) is 19.4 Å². The van der Waals surface area contributed by atoms with Gasteiger partial charge >= 0.3 is 0 Å². The van der Waals surface area contributed by atoms with Crippen molar-refractivity contribution in [2.45, 2.75) is 6.42 Å². The highest BCUT2D eigenvalue weighted by molar-refractivity contribution is 6.06. The lowest BCUT2D eigenvalue weighted by Gasteiger charge is -2.22. The van der Waals surface area contributed by atoms with E-state index in [0.29, 0.717) is 37.3 Å². The molecule has 1 saturated heterocycles. The van der Waals surface area contributed by atoms with E-state index >= 15 is 0 Å². The number of nitrogens with zero attached hydrogens (tertiary/aromatic N) is 3. The third-order valence-electron chi connectivity index (χ3n) is 4.97. The van der Waals surface area contributed by atoms with Crippen LogP contribution in [0.3, 0.4) is 0 Å². The zero-order chi connectivity index (χ0) is 18.1. The quantitative estimate of drug-likeness (QED) is 0.772. The van der Waals surface area contributed by atoms with E-state index in [1.807, 2.05) is 64.1 Å². The third-order valence-corrected chi connectivity index (χ3v) is 4.97. The average molecular weight is 350 g/mol. The molecule has 3 aromatic rings. The molecule has 1 aliphatic heterocycles. The molecule has 1 N–H and O–H groups in total. The van der Waals surface area contributed by atoms with Gasteiger partial charge in [0.15, 0.2) is 0 Å². The molecular formula is C20H22N4O2. The maximum Gasteiger partial charge on any atom is 0.256 e. The number of hydrogen-bond acceptors (Lipinski definition) is 2. The van der Waals surface area contributed by atoms with Gasteiger partial charge in [-0.05, 0) is 18.6 Å². The highest BCUT2D eigenvalue weighted by Crippen LogP contribution is 2.20. The molecule has 26 heavy (non-hydrogen) atoms. The lowest BCUT2D eigenvalue weighted by atomic mass is 10.1. The summed E-state index contributed by atoms with van der Waals surface area (Å²) in [6.07, 6.45) is 6.28. The minimum Gasteiger partial charge on any atom is -0.360 e. The van der Waals surface area contributed by atoms with Gasteiger partial charge < -0.3 is 19.4 Å². The van der Waals surface area contributed by atoms with E-state index < -0.39 is 0 Å². The SMILES string of the molecule is Cn1ccc(C(=O)N2CCCN(C(=O)c3c[nH]c4ccccc34)CC2)c1. The Morgan fingerprint density at radius 3 is 2.42 bits per heavy atom. The summed E-state index contributed by atoms with van der Waals surface area (Å²) in [4.78, 5) is 32.5. The fraction of sp³-hybridized carbons (Fsp3) is 0.300. The number of amides is 2. The Kier molecular flexibility index (Phi) is 4.24. The summed E-state index contributed by atoms with van der Waals surface area (Å²) in [5.74, 6) is 0.0588. The summed E-state index contributed by atoms with van der Waals surface area (Å²) in [6, 6.07) is 9.65. The Labute approximate surface area is 152 Å². The van der Waals surface area contributed by atoms with Gasteiger partial charge in [0.05, 0.1) is 11.1 Å². The first-order valence-electron chi connectivity index (χ1n) is 8.90. The Bertz CT molecular complexity index is 956. The molecule has 0 unspecified atom stereocenters. The van der Waals surface area contributed by atoms with E-state index in [-0.39, 0.29) is 11.8 Å². The number of aromatic amines is 1. The monoisotopic (exact) mass is 350 g/mol. The van der Waals surface area contributed by atoms with Crippen LogP contribution in [-0.4, -0.2) is 57.3 Å². The maximum absolute atomic E-state index is 13.0. The van der Waals surface area contributed by atoms with Crippen LogP contribution in [-0.2, 0) is 7.05 Å². The summed E-state index contributed by atoms with van der Waals surface area (Å²) < 4.78 is 1.87. The second-order valence-corrected chi connectivity index (χ2v) is 6.75. The van der Waals surface area contributed by atoms with Gasteiger partial charge in [0.25, 0.3) is 11.8 Å². The van der Waals surface area contributed by atoms with Crippen molar-refractivity contribution in [2.75, 3.05) is 26.2 Å². The summed E-state index contributed by atoms with van der Waals surface area (Å²) in [5.41, 5.74) is 2.36. The number of carbonyl (C=O) groups excluding carboxylic acids is 2. The van der Waals surface area contributed by atoms with Crippen LogP contribution in [0, 0.1) is 0 Å². The minimum absolute atomic E-state index is 0.0245. The normalized spacial score (nSPS) is 15.3. The van der Waals surface area contributed by atoms with E-state index in [4.69, 9.17) is 0 Å². The van der Waals surface area contributed by atoms with Gasteiger partial charge in [-0.1, -0.05) is 18.2 Å². The molecule has 0 atom stereocenters. The zero-order valence-electron chi connectivity index (χ0n) is 14.8. The first kappa shape index (κ1) is 16.4. The van der Waals surface area contributed by atoms with Crippen LogP contribution in [0.1, 0.15) is 27.1 Å². The van der Waals surface area contributed by atoms with Crippen molar-refractivity contribution < 1.29 is 9.59 Å². The molecule has 3 heterocycles. The van der Waals surface area contributed by atoms with Gasteiger partial charge in [-0.2, -0.15) is 0 Å². The van der Waals surface area contributed by atoms with E-state index in [2.05, 4.69) is 4.98 Å². The van der Waals surface area contributed by atoms with Crippen LogP contribution in [0.5, 0.6) is 0 Å². The molecule has 0 aliphatic carbocycles. The number of H-pyrrole nitrogens is 1. The van der Waals surface area contributed by atoms with Gasteiger partial charge in [0.2, 0.25) is 0 Å². The van der Waals surface area contributed by atoms with Crippen molar-refractivity contribution in [3.05, 3.63) is 60.0 Å². The van der Waals surface area contributed by atoms with Crippen LogP contribution >= 0.6 is 0 Å². The maximum atomic E-state index is 13.0. The molecule has 6 nitrogen and oxygen atoms in total. The van der Waals surface area contributed by atoms with Crippen LogP contribution in [0.2, 0.25) is 0 Å². The number of aromatic nitrogens is 2. The molecule has 0 spiro atoms. The first-order chi connectivity index (χ1) is 12.6. The van der Waals surface area contributed by atoms with Crippen molar-refractivity contribution in [2.24, 2.45) is 7.05 Å². The Hall–Kier alpha value is -3.02. The molecule has 0 saturated carbocycles. The topological polar surface area (TPSA) is 61.3 Å². The lowest BCUT2D eigenvalue weighted by molar-refractivity contribution is 0.0719. The van der Waals surface area contributed by atoms with E-state index in [0.717, 1.165) is 17.3 Å². The summed E-state index contributed by atoms with van der Waals surface area (Å²) >= 11 is 0. The van der Waals surface area contributed by atoms with Gasteiger partial charge in [0.1, 0.15) is 0 Å². The van der Waals surface area contributed by atoms with Crippen molar-refractivity contribution in [1.29, 1.82) is 0 Å². The molecule has 0 bridgehead atoms. The minimum atomic E-state index is 0.0245. The second kappa shape index (κ2) is 6.71. The molecule has 1 aliphatic rings. The van der Waals surface area contributed by atoms with Crippen LogP contribution in [0.15, 0.2) is 48.9 Å². The molecule has 0 radical (unpaired) electrons. The molecule has 4 rings (SSSR count). The van der Waals surface area contributed by atoms with Crippen molar-refractivity contribution >= 4 is 22.7 Å². The Balaban J connectivity index is 1.48. The molecular weight excluding hydrogens is 328 g/mol. The third kappa shape index (κ3) is 2.98. The number of nitrogens with one attached hydrogen (secondary N) is 1. The molecule has 2 amide bonds. The summed E-state index contributed by atoms with van der Waals surface area (Å²) in [5, 5.41) is 0.943. The number of aryl methyl sites for hydroxylation is 1. The molecule has 2 aromatic heterocycles. The van der Waals surface area contributed by atoms with Gasteiger partial charge in [-0.25, -0.2) is 0 Å². The number of para-hydroxylation sites is 1. The predicted molar refractivity (Wildman–Crippen MR) is 100 cm³/mol. The predicted octanol–water partition coefficient (Wildman–Crippen LogP) is 2.49. The largest absolute Gasteiger partial charge is 0.360 e. The van der Waals surface area contributed by atoms with Gasteiger partial charge in [-0.15, -0.1) is 0 Å². The zero-order valence-corrected chi connectivity index (χ0v) is 14.8. The highest BCUT2D eigenvalue weighted by atomic mass is 16.2. The van der Waals surface area contributed by atoms with Crippen molar-refractivity contribution in [3.8, 4) is 0 Å². The fourth-order valence-corrected chi connectivity index (χ4v) is 3.55. The second-order valence-electron chi connectivity index (χ2n) is 6.75. The summed E-state index contributed by atoms with van der Waals surface area (Å²) in [6.45, 7) is 2.45. The standard InChI is InChI=1S/C20H22N4O2/c1-22-10-7-15(14-22)19(25)23-8-4-9-24(12-11-23)20(26)17-13-21-18-6-3-2-5-16(17)18/h2-3,5-7,10,13-14,21H,4,8-9,11-12H2,1H3. The number of rotatable bonds is 2. The Morgan fingerprint density at radius 1 is 0.962 bits per heavy atom. The van der Waals surface area contributed by atoms with Crippen LogP contribution < -0.4 is 0 Å². The van der Waals surface area contributed by atoms with Crippen LogP contribution in [0.25, 0.3) is 10.9 Å². The molecule has 1 aromatic carbocycles. The van der Waals surface area contributed by atoms with E-state index in [1.54, 1.807) is 6.20 Å². The highest BCUT2D eigenvalue weighted by Gasteiger charge is 2.25. The fourth-order valence-electron chi connectivity index (χ4n) is 3.55. The van der Waals surface area contributed by atoms with Gasteiger partial charge in [0, 0.05) is 62.7 Å². The number of hydrogen-bond donors (Lipinski definition) is 1. The smallest absolute Gasteiger partial charge is 0.256 e. The van der Waals surface area contributed by atoms with E-state index in [9.17, 15) is 9.59 Å². The van der Waals surface area contributed by atoms with Crippen molar-refractivity contribution in [3.63, 3.8) is 0 Å². The summed E-state index contributed by atoms with van der Waals surface area (Å²) in [7, 11) is 1.90. The molecule has 6 heteroatoms. The van der Waals surface area contributed by atoms with E-state index in [1.165, 1.54) is 0 Å². The molecule has 134 valence electrons. The van der Waals surface area contributed by atoms with Gasteiger partial charge in [-0.3, -0.25) is 9.59 Å². The average Bonchev–Trinajstić information content (AvgIpc) is 3.19. The lowest BCUT2D eigenvalue weighted by Crippen LogP contribution is -2.37. The Morgan fingerprint density at radius 2 is 1.69 bits per heavy atom. The number of fused-ring (bicyclic) bond motifs is 1.